The first-order valence-corrected chi connectivity index (χ1v) is 5.16. The maximum absolute atomic E-state index is 5.66. The van der Waals surface area contributed by atoms with Crippen LogP contribution in [0.2, 0.25) is 0 Å². The van der Waals surface area contributed by atoms with Gasteiger partial charge < -0.3 is 4.74 Å². The van der Waals surface area contributed by atoms with Gasteiger partial charge in [-0.15, -0.1) is 6.58 Å². The van der Waals surface area contributed by atoms with E-state index in [1.807, 2.05) is 10.8 Å². The fourth-order valence-corrected chi connectivity index (χ4v) is 1.77. The molecule has 0 unspecified atom stereocenters. The number of nitrogens with zero attached hydrogens (tertiary/aromatic N) is 4. The van der Waals surface area contributed by atoms with Gasteiger partial charge in [0.2, 0.25) is 0 Å². The van der Waals surface area contributed by atoms with Crippen LogP contribution in [0.3, 0.4) is 0 Å². The molecule has 1 fully saturated rings. The van der Waals surface area contributed by atoms with Crippen LogP contribution in [0.4, 0.5) is 0 Å². The van der Waals surface area contributed by atoms with Crippen molar-refractivity contribution in [3.05, 3.63) is 25.3 Å². The second-order valence-corrected chi connectivity index (χ2v) is 3.66. The van der Waals surface area contributed by atoms with Gasteiger partial charge in [-0.05, 0) is 0 Å². The summed E-state index contributed by atoms with van der Waals surface area (Å²) in [4.78, 5) is 6.24. The predicted molar refractivity (Wildman–Crippen MR) is 56.4 cm³/mol. The lowest BCUT2D eigenvalue weighted by atomic mass is 10.2. The van der Waals surface area contributed by atoms with E-state index in [4.69, 9.17) is 4.74 Å². The Labute approximate surface area is 89.4 Å². The average Bonchev–Trinajstić information content (AvgIpc) is 2.71. The van der Waals surface area contributed by atoms with E-state index in [-0.39, 0.29) is 6.10 Å². The van der Waals surface area contributed by atoms with Gasteiger partial charge in [0.15, 0.2) is 0 Å². The summed E-state index contributed by atoms with van der Waals surface area (Å²) >= 11 is 0. The highest BCUT2D eigenvalue weighted by atomic mass is 16.5. The highest BCUT2D eigenvalue weighted by Crippen LogP contribution is 2.06. The molecule has 0 saturated carbocycles. The molecule has 0 aromatic carbocycles. The molecule has 0 aliphatic carbocycles. The number of rotatable bonds is 4. The Kier molecular flexibility index (Phi) is 3.47. The first-order chi connectivity index (χ1) is 7.38. The predicted octanol–water partition coefficient (Wildman–Crippen LogP) is 0.165. The van der Waals surface area contributed by atoms with Crippen LogP contribution in [-0.2, 0) is 11.3 Å². The minimum Gasteiger partial charge on any atom is -0.374 e. The molecule has 0 amide bonds. The van der Waals surface area contributed by atoms with Crippen molar-refractivity contribution in [1.82, 2.24) is 19.7 Å². The van der Waals surface area contributed by atoms with E-state index < -0.39 is 0 Å². The van der Waals surface area contributed by atoms with E-state index in [1.54, 1.807) is 12.7 Å². The number of aromatic nitrogens is 3. The van der Waals surface area contributed by atoms with Crippen molar-refractivity contribution in [2.24, 2.45) is 0 Å². The Hall–Kier alpha value is -1.20. The molecule has 2 rings (SSSR count). The maximum atomic E-state index is 5.66. The van der Waals surface area contributed by atoms with Crippen LogP contribution in [0.1, 0.15) is 0 Å². The normalized spacial score (nSPS) is 22.8. The number of ether oxygens (including phenoxy) is 1. The summed E-state index contributed by atoms with van der Waals surface area (Å²) in [5.74, 6) is 0. The van der Waals surface area contributed by atoms with Crippen LogP contribution in [0.15, 0.2) is 25.3 Å². The monoisotopic (exact) mass is 208 g/mol. The molecule has 1 aliphatic heterocycles. The Morgan fingerprint density at radius 1 is 1.60 bits per heavy atom. The van der Waals surface area contributed by atoms with Gasteiger partial charge in [0.05, 0.1) is 19.3 Å². The fraction of sp³-hybridized carbons (Fsp3) is 0.600. The Morgan fingerprint density at radius 2 is 2.53 bits per heavy atom. The minimum absolute atomic E-state index is 0.209. The summed E-state index contributed by atoms with van der Waals surface area (Å²) in [7, 11) is 0. The van der Waals surface area contributed by atoms with E-state index in [9.17, 15) is 0 Å². The zero-order chi connectivity index (χ0) is 10.5. The van der Waals surface area contributed by atoms with E-state index in [0.717, 1.165) is 32.8 Å². The van der Waals surface area contributed by atoms with Crippen LogP contribution < -0.4 is 0 Å². The van der Waals surface area contributed by atoms with Gasteiger partial charge in [-0.2, -0.15) is 5.10 Å². The minimum atomic E-state index is 0.209. The third-order valence-electron chi connectivity index (χ3n) is 2.47. The summed E-state index contributed by atoms with van der Waals surface area (Å²) in [6.07, 6.45) is 5.40. The highest BCUT2D eigenvalue weighted by Gasteiger charge is 2.19. The molecule has 0 bridgehead atoms. The number of hydrogen-bond donors (Lipinski definition) is 0. The molecule has 1 aliphatic rings. The zero-order valence-corrected chi connectivity index (χ0v) is 8.75. The lowest BCUT2D eigenvalue weighted by Crippen LogP contribution is -2.44. The van der Waals surface area contributed by atoms with E-state index >= 15 is 0 Å². The van der Waals surface area contributed by atoms with Gasteiger partial charge in [0.25, 0.3) is 0 Å². The van der Waals surface area contributed by atoms with Crippen molar-refractivity contribution < 1.29 is 4.74 Å². The van der Waals surface area contributed by atoms with Gasteiger partial charge in [0.1, 0.15) is 12.7 Å². The molecule has 0 N–H and O–H groups in total. The summed E-state index contributed by atoms with van der Waals surface area (Å²) < 4.78 is 7.47. The molecule has 2 heterocycles. The quantitative estimate of drug-likeness (QED) is 0.661. The second-order valence-electron chi connectivity index (χ2n) is 3.66. The number of morpholine rings is 1. The molecule has 82 valence electrons. The molecular weight excluding hydrogens is 192 g/mol. The SMILES string of the molecule is C=CCN1CCO[C@@H](Cn2cncn2)C1. The van der Waals surface area contributed by atoms with Crippen molar-refractivity contribution in [2.45, 2.75) is 12.6 Å². The lowest BCUT2D eigenvalue weighted by molar-refractivity contribution is -0.0338. The molecule has 0 spiro atoms. The van der Waals surface area contributed by atoms with Crippen molar-refractivity contribution >= 4 is 0 Å². The van der Waals surface area contributed by atoms with Gasteiger partial charge in [0, 0.05) is 19.6 Å². The van der Waals surface area contributed by atoms with Crippen LogP contribution in [0.5, 0.6) is 0 Å². The lowest BCUT2D eigenvalue weighted by Gasteiger charge is -2.31. The van der Waals surface area contributed by atoms with Crippen LogP contribution in [0, 0.1) is 0 Å². The van der Waals surface area contributed by atoms with Crippen molar-refractivity contribution in [3.63, 3.8) is 0 Å². The van der Waals surface area contributed by atoms with E-state index in [2.05, 4.69) is 21.6 Å². The topological polar surface area (TPSA) is 43.2 Å². The van der Waals surface area contributed by atoms with Crippen LogP contribution in [-0.4, -0.2) is 52.0 Å². The molecule has 1 aromatic rings. The van der Waals surface area contributed by atoms with E-state index in [0.29, 0.717) is 0 Å². The molecule has 0 radical (unpaired) electrons. The van der Waals surface area contributed by atoms with Gasteiger partial charge in [-0.3, -0.25) is 9.58 Å². The van der Waals surface area contributed by atoms with E-state index in [1.165, 1.54) is 0 Å². The summed E-state index contributed by atoms with van der Waals surface area (Å²) in [6.45, 7) is 8.15. The third-order valence-corrected chi connectivity index (χ3v) is 2.47. The van der Waals surface area contributed by atoms with Gasteiger partial charge >= 0.3 is 0 Å². The average molecular weight is 208 g/mol. The van der Waals surface area contributed by atoms with Gasteiger partial charge in [-0.25, -0.2) is 4.98 Å². The standard InChI is InChI=1S/C10H16N4O/c1-2-3-13-4-5-15-10(6-13)7-14-9-11-8-12-14/h2,8-10H,1,3-7H2/t10-/m1/s1. The molecule has 1 aromatic heterocycles. The Bertz CT molecular complexity index is 298. The Balaban J connectivity index is 1.84. The summed E-state index contributed by atoms with van der Waals surface area (Å²) in [5.41, 5.74) is 0. The number of hydrogen-bond acceptors (Lipinski definition) is 4. The second kappa shape index (κ2) is 5.04. The van der Waals surface area contributed by atoms with Crippen molar-refractivity contribution in [1.29, 1.82) is 0 Å². The highest BCUT2D eigenvalue weighted by molar-refractivity contribution is 4.78. The molecule has 5 nitrogen and oxygen atoms in total. The van der Waals surface area contributed by atoms with Crippen LogP contribution in [0.25, 0.3) is 0 Å². The molecule has 1 saturated heterocycles. The first-order valence-electron chi connectivity index (χ1n) is 5.16. The fourth-order valence-electron chi connectivity index (χ4n) is 1.77. The maximum Gasteiger partial charge on any atom is 0.137 e. The van der Waals surface area contributed by atoms with Crippen molar-refractivity contribution in [3.8, 4) is 0 Å². The summed E-state index contributed by atoms with van der Waals surface area (Å²) in [5, 5.41) is 4.07. The smallest absolute Gasteiger partial charge is 0.137 e. The Morgan fingerprint density at radius 3 is 3.27 bits per heavy atom. The molecule has 15 heavy (non-hydrogen) atoms. The first kappa shape index (κ1) is 10.3. The largest absolute Gasteiger partial charge is 0.374 e. The zero-order valence-electron chi connectivity index (χ0n) is 8.75. The summed E-state index contributed by atoms with van der Waals surface area (Å²) in [6, 6.07) is 0. The van der Waals surface area contributed by atoms with Crippen LogP contribution >= 0.6 is 0 Å². The molecular formula is C10H16N4O. The molecule has 1 atom stereocenters. The van der Waals surface area contributed by atoms with Crippen molar-refractivity contribution in [2.75, 3.05) is 26.2 Å². The molecule has 5 heteroatoms. The van der Waals surface area contributed by atoms with Gasteiger partial charge in [-0.1, -0.05) is 6.08 Å². The third kappa shape index (κ3) is 2.87.